The van der Waals surface area contributed by atoms with Crippen molar-refractivity contribution in [1.82, 2.24) is 29.7 Å². The average Bonchev–Trinajstić information content (AvgIpc) is 3.40. The van der Waals surface area contributed by atoms with E-state index in [2.05, 4.69) is 31.0 Å². The quantitative estimate of drug-likeness (QED) is 0.0615. The third kappa shape index (κ3) is 6.51. The van der Waals surface area contributed by atoms with Crippen LogP contribution < -0.4 is 21.5 Å². The van der Waals surface area contributed by atoms with Crippen molar-refractivity contribution < 1.29 is 38.0 Å². The van der Waals surface area contributed by atoms with Crippen LogP contribution in [-0.4, -0.2) is 85.1 Å². The van der Waals surface area contributed by atoms with Gasteiger partial charge in [-0.1, -0.05) is 28.5 Å². The molecule has 16 nitrogen and oxygen atoms in total. The summed E-state index contributed by atoms with van der Waals surface area (Å²) >= 11 is 1.83. The number of aromatic nitrogens is 4. The van der Waals surface area contributed by atoms with Gasteiger partial charge >= 0.3 is 19.6 Å². The molecule has 0 radical (unpaired) electrons. The van der Waals surface area contributed by atoms with Crippen LogP contribution >= 0.6 is 30.3 Å². The molecule has 0 saturated carbocycles. The van der Waals surface area contributed by atoms with Crippen LogP contribution in [0.1, 0.15) is 20.1 Å². The molecule has 0 bridgehead atoms. The number of ether oxygens (including phenoxy) is 3. The summed E-state index contributed by atoms with van der Waals surface area (Å²) in [6.45, 7) is 1.92. The van der Waals surface area contributed by atoms with Gasteiger partial charge < -0.3 is 29.6 Å². The van der Waals surface area contributed by atoms with E-state index in [9.17, 15) is 24.1 Å². The van der Waals surface area contributed by atoms with Crippen molar-refractivity contribution in [3.63, 3.8) is 0 Å². The molecule has 1 aliphatic heterocycles. The zero-order valence-corrected chi connectivity index (χ0v) is 23.4. The van der Waals surface area contributed by atoms with E-state index in [4.69, 9.17) is 30.9 Å². The van der Waals surface area contributed by atoms with Crippen molar-refractivity contribution in [1.29, 1.82) is 0 Å². The Morgan fingerprint density at radius 2 is 1.95 bits per heavy atom. The van der Waals surface area contributed by atoms with Crippen LogP contribution in [0.2, 0.25) is 0 Å². The zero-order chi connectivity index (χ0) is 28.1. The Morgan fingerprint density at radius 1 is 1.34 bits per heavy atom. The molecule has 6 N–H and O–H groups in total. The van der Waals surface area contributed by atoms with Crippen molar-refractivity contribution >= 4 is 59.3 Å². The van der Waals surface area contributed by atoms with E-state index in [1.165, 1.54) is 10.9 Å². The summed E-state index contributed by atoms with van der Waals surface area (Å²) in [7, 11) is -4.08. The lowest BCUT2D eigenvalue weighted by molar-refractivity contribution is -0.142. The number of rotatable bonds is 12. The predicted molar refractivity (Wildman–Crippen MR) is 141 cm³/mol. The molecule has 2 aromatic heterocycles. The Balaban J connectivity index is 1.82. The summed E-state index contributed by atoms with van der Waals surface area (Å²) < 4.78 is 34.4. The molecule has 1 saturated heterocycles. The van der Waals surface area contributed by atoms with Crippen LogP contribution in [-0.2, 0) is 32.9 Å². The van der Waals surface area contributed by atoms with E-state index in [1.807, 2.05) is 22.6 Å². The Morgan fingerprint density at radius 3 is 2.50 bits per heavy atom. The first kappa shape index (κ1) is 30.0. The fraction of sp³-hybridized carbons (Fsp3) is 0.550. The normalized spacial score (nSPS) is 23.3. The van der Waals surface area contributed by atoms with E-state index in [1.54, 1.807) is 13.8 Å². The second-order valence-corrected chi connectivity index (χ2v) is 11.6. The van der Waals surface area contributed by atoms with Crippen LogP contribution in [0.4, 0.5) is 5.95 Å². The molecule has 18 heteroatoms. The molecule has 1 fully saturated rings. The number of imidazole rings is 1. The number of aliphatic hydroxyl groups is 1. The number of esters is 2. The van der Waals surface area contributed by atoms with Crippen LogP contribution in [0.25, 0.3) is 11.2 Å². The van der Waals surface area contributed by atoms with Gasteiger partial charge in [-0.05, 0) is 13.8 Å². The van der Waals surface area contributed by atoms with Crippen molar-refractivity contribution in [3.8, 4) is 12.3 Å². The third-order valence-corrected chi connectivity index (χ3v) is 8.41. The fourth-order valence-electron chi connectivity index (χ4n) is 3.51. The van der Waals surface area contributed by atoms with Gasteiger partial charge in [-0.2, -0.15) is 4.98 Å². The van der Waals surface area contributed by atoms with E-state index < -0.39 is 66.7 Å². The number of halogens is 1. The molecular formula is C20H27IN7O9P. The topological polar surface area (TPSA) is 222 Å². The lowest BCUT2D eigenvalue weighted by atomic mass is 10.0. The van der Waals surface area contributed by atoms with Gasteiger partial charge in [0, 0.05) is 0 Å². The van der Waals surface area contributed by atoms with Gasteiger partial charge in [0.1, 0.15) is 25.3 Å². The highest BCUT2D eigenvalue weighted by Crippen LogP contribution is 2.47. The number of hydrogen-bond acceptors (Lipinski definition) is 12. The zero-order valence-electron chi connectivity index (χ0n) is 20.4. The van der Waals surface area contributed by atoms with Gasteiger partial charge in [0.05, 0.1) is 26.1 Å². The summed E-state index contributed by atoms with van der Waals surface area (Å²) in [6.07, 6.45) is 3.43. The van der Waals surface area contributed by atoms with Crippen LogP contribution in [0, 0.1) is 12.3 Å². The monoisotopic (exact) mass is 667 g/mol. The molecule has 0 aromatic carbocycles. The molecule has 1 aliphatic rings. The van der Waals surface area contributed by atoms with Gasteiger partial charge in [-0.25, -0.2) is 15.2 Å². The highest BCUT2D eigenvalue weighted by Gasteiger charge is 2.55. The maximum Gasteiger partial charge on any atom is 0.341 e. The van der Waals surface area contributed by atoms with Gasteiger partial charge in [-0.3, -0.25) is 28.5 Å². The van der Waals surface area contributed by atoms with Crippen molar-refractivity contribution in [3.05, 3.63) is 16.7 Å². The Kier molecular flexibility index (Phi) is 9.86. The minimum Gasteiger partial charge on any atom is -0.465 e. The standard InChI is InChI=1S/C20H27IN7O9P/c1-4-20(21)15(31)11(37-18(20)28-10-23-14-16(28)26-19(22)27-17(14)32)9-36-38(33,24-7-12(29)34-5-2)25-8-13(30)35-6-3/h1,10-11,15,18,31H,5-9H2,2-3H3,(H2,24,25,33)(H3,22,26,27,32)/t11-,15?,18-,20?/m1/s1. The summed E-state index contributed by atoms with van der Waals surface area (Å²) in [4.78, 5) is 46.2. The van der Waals surface area contributed by atoms with Crippen molar-refractivity contribution in [2.45, 2.75) is 35.7 Å². The first-order valence-corrected chi connectivity index (χ1v) is 14.0. The largest absolute Gasteiger partial charge is 0.465 e. The van der Waals surface area contributed by atoms with Gasteiger partial charge in [0.25, 0.3) is 5.56 Å². The number of aliphatic hydroxyl groups excluding tert-OH is 1. The average molecular weight is 667 g/mol. The number of alkyl halides is 1. The number of carbonyl (C=O) groups is 2. The molecule has 38 heavy (non-hydrogen) atoms. The number of hydrogen-bond donors (Lipinski definition) is 5. The number of nitrogens with zero attached hydrogens (tertiary/aromatic N) is 3. The molecular weight excluding hydrogens is 640 g/mol. The smallest absolute Gasteiger partial charge is 0.341 e. The molecule has 208 valence electrons. The number of nitrogens with one attached hydrogen (secondary N) is 3. The number of terminal acetylenes is 1. The number of aromatic amines is 1. The molecule has 0 aliphatic carbocycles. The molecule has 3 rings (SSSR count). The molecule has 0 amide bonds. The lowest BCUT2D eigenvalue weighted by Gasteiger charge is -2.26. The molecule has 0 spiro atoms. The third-order valence-electron chi connectivity index (χ3n) is 5.26. The highest BCUT2D eigenvalue weighted by molar-refractivity contribution is 14.1. The number of nitrogen functional groups attached to an aromatic ring is 1. The number of fused-ring (bicyclic) bond motifs is 1. The predicted octanol–water partition coefficient (Wildman–Crippen LogP) is -0.803. The van der Waals surface area contributed by atoms with E-state index in [-0.39, 0.29) is 30.3 Å². The fourth-order valence-corrected chi connectivity index (χ4v) is 5.69. The first-order valence-electron chi connectivity index (χ1n) is 11.3. The Hall–Kier alpha value is -2.59. The molecule has 2 unspecified atom stereocenters. The SMILES string of the molecule is C#CC1(I)C(O)[C@@H](COP(=O)(NCC(=O)OCC)NCC(=O)OCC)O[C@H]1n1cnc2c(=O)[nH]c(N)nc21. The summed E-state index contributed by atoms with van der Waals surface area (Å²) in [5, 5.41) is 15.9. The van der Waals surface area contributed by atoms with Crippen LogP contribution in [0.3, 0.4) is 0 Å². The Bertz CT molecular complexity index is 1300. The maximum absolute atomic E-state index is 13.4. The Labute approximate surface area is 230 Å². The van der Waals surface area contributed by atoms with Gasteiger partial charge in [0.2, 0.25) is 5.95 Å². The molecule has 3 heterocycles. The number of anilines is 1. The van der Waals surface area contributed by atoms with E-state index in [0.29, 0.717) is 0 Å². The maximum atomic E-state index is 13.4. The highest BCUT2D eigenvalue weighted by atomic mass is 127. The van der Waals surface area contributed by atoms with Crippen molar-refractivity contribution in [2.24, 2.45) is 0 Å². The summed E-state index contributed by atoms with van der Waals surface area (Å²) in [5.74, 6) is 0.916. The van der Waals surface area contributed by atoms with Gasteiger partial charge in [0.15, 0.2) is 20.8 Å². The lowest BCUT2D eigenvalue weighted by Crippen LogP contribution is -2.41. The number of nitrogens with two attached hydrogens (primary N) is 1. The van der Waals surface area contributed by atoms with E-state index >= 15 is 0 Å². The van der Waals surface area contributed by atoms with E-state index in [0.717, 1.165) is 0 Å². The summed E-state index contributed by atoms with van der Waals surface area (Å²) in [6, 6.07) is 0. The molecule has 2 aromatic rings. The van der Waals surface area contributed by atoms with Gasteiger partial charge in [-0.15, -0.1) is 6.42 Å². The number of carbonyl (C=O) groups excluding carboxylic acids is 2. The van der Waals surface area contributed by atoms with Crippen LogP contribution in [0.5, 0.6) is 0 Å². The minimum atomic E-state index is -4.08. The van der Waals surface area contributed by atoms with Crippen LogP contribution in [0.15, 0.2) is 11.1 Å². The number of H-pyrrole nitrogens is 1. The second-order valence-electron chi connectivity index (χ2n) is 7.79. The first-order chi connectivity index (χ1) is 18.0. The second kappa shape index (κ2) is 12.5. The van der Waals surface area contributed by atoms with Crippen molar-refractivity contribution in [2.75, 3.05) is 38.6 Å². The minimum absolute atomic E-state index is 0.0245. The summed E-state index contributed by atoms with van der Waals surface area (Å²) in [5.41, 5.74) is 5.13. The molecule has 4 atom stereocenters.